The van der Waals surface area contributed by atoms with Gasteiger partial charge in [0.25, 0.3) is 10.0 Å². The normalized spacial score (nSPS) is 23.0. The molecule has 1 aromatic rings. The SMILES string of the molecule is CCCCC(N=C1NS(=O)(=O)c2ccccc21)C(=O)NC1CCNC1.Cl. The quantitative estimate of drug-likeness (QED) is 0.667. The lowest BCUT2D eigenvalue weighted by atomic mass is 10.1. The molecule has 2 atom stereocenters. The molecule has 1 amide bonds. The first-order valence-corrected chi connectivity index (χ1v) is 10.2. The average molecular weight is 401 g/mol. The minimum atomic E-state index is -3.59. The summed E-state index contributed by atoms with van der Waals surface area (Å²) in [5.74, 6) is 0.120. The van der Waals surface area contributed by atoms with Gasteiger partial charge in [-0.05, 0) is 31.5 Å². The Labute approximate surface area is 160 Å². The predicted octanol–water partition coefficient (Wildman–Crippen LogP) is 1.18. The molecular formula is C17H25ClN4O3S. The maximum Gasteiger partial charge on any atom is 0.263 e. The molecule has 1 fully saturated rings. The molecule has 26 heavy (non-hydrogen) atoms. The molecule has 2 aliphatic rings. The third kappa shape index (κ3) is 4.55. The van der Waals surface area contributed by atoms with Gasteiger partial charge in [-0.15, -0.1) is 12.4 Å². The Kier molecular flexibility index (Phi) is 7.02. The van der Waals surface area contributed by atoms with Gasteiger partial charge in [0.15, 0.2) is 0 Å². The number of fused-ring (bicyclic) bond motifs is 1. The maximum atomic E-state index is 12.6. The van der Waals surface area contributed by atoms with E-state index in [0.29, 0.717) is 12.0 Å². The lowest BCUT2D eigenvalue weighted by Gasteiger charge is -2.17. The van der Waals surface area contributed by atoms with Crippen LogP contribution in [-0.2, 0) is 14.8 Å². The number of halogens is 1. The minimum absolute atomic E-state index is 0. The number of aliphatic imine (C=N–C) groups is 1. The van der Waals surface area contributed by atoms with Crippen molar-refractivity contribution in [2.45, 2.75) is 49.6 Å². The molecule has 2 aliphatic heterocycles. The standard InChI is InChI=1S/C17H24N4O3S.ClH/c1-2-3-7-14(17(22)19-12-9-10-18-11-12)20-16-13-6-4-5-8-15(13)25(23,24)21-16;/h4-6,8,12,14,18H,2-3,7,9-11H2,1H3,(H,19,22)(H,20,21);1H. The van der Waals surface area contributed by atoms with E-state index in [4.69, 9.17) is 0 Å². The zero-order valence-electron chi connectivity index (χ0n) is 14.7. The van der Waals surface area contributed by atoms with Crippen molar-refractivity contribution in [2.75, 3.05) is 13.1 Å². The molecule has 2 unspecified atom stereocenters. The number of amides is 1. The number of carbonyl (C=O) groups excluding carboxylic acids is 1. The molecule has 0 aromatic heterocycles. The van der Waals surface area contributed by atoms with Crippen LogP contribution in [0, 0.1) is 0 Å². The van der Waals surface area contributed by atoms with E-state index in [9.17, 15) is 13.2 Å². The Hall–Kier alpha value is -1.64. The van der Waals surface area contributed by atoms with Crippen LogP contribution in [0.25, 0.3) is 0 Å². The number of benzene rings is 1. The Bertz CT molecular complexity index is 776. The first kappa shape index (κ1) is 20.7. The Morgan fingerprint density at radius 2 is 2.15 bits per heavy atom. The lowest BCUT2D eigenvalue weighted by molar-refractivity contribution is -0.123. The van der Waals surface area contributed by atoms with Crippen molar-refractivity contribution in [3.8, 4) is 0 Å². The third-order valence-electron chi connectivity index (χ3n) is 4.49. The fourth-order valence-electron chi connectivity index (χ4n) is 3.11. The minimum Gasteiger partial charge on any atom is -0.350 e. The number of hydrogen-bond acceptors (Lipinski definition) is 5. The van der Waals surface area contributed by atoms with E-state index < -0.39 is 16.1 Å². The van der Waals surface area contributed by atoms with Gasteiger partial charge in [0.1, 0.15) is 11.9 Å². The van der Waals surface area contributed by atoms with Gasteiger partial charge in [0.2, 0.25) is 5.91 Å². The topological polar surface area (TPSA) is 99.7 Å². The van der Waals surface area contributed by atoms with Crippen molar-refractivity contribution < 1.29 is 13.2 Å². The molecule has 144 valence electrons. The molecule has 0 spiro atoms. The fraction of sp³-hybridized carbons (Fsp3) is 0.529. The van der Waals surface area contributed by atoms with E-state index in [1.165, 1.54) is 0 Å². The number of carbonyl (C=O) groups is 1. The lowest BCUT2D eigenvalue weighted by Crippen LogP contribution is -2.42. The summed E-state index contributed by atoms with van der Waals surface area (Å²) in [6.45, 7) is 3.71. The monoisotopic (exact) mass is 400 g/mol. The highest BCUT2D eigenvalue weighted by Crippen LogP contribution is 2.23. The molecule has 0 bridgehead atoms. The molecule has 0 aliphatic carbocycles. The Balaban J connectivity index is 0.00000243. The van der Waals surface area contributed by atoms with Gasteiger partial charge in [0.05, 0.1) is 4.90 Å². The van der Waals surface area contributed by atoms with E-state index >= 15 is 0 Å². The number of unbranched alkanes of at least 4 members (excludes halogenated alkanes) is 1. The average Bonchev–Trinajstić information content (AvgIpc) is 3.18. The number of amidine groups is 1. The highest BCUT2D eigenvalue weighted by Gasteiger charge is 2.32. The second kappa shape index (κ2) is 8.83. The summed E-state index contributed by atoms with van der Waals surface area (Å²) in [5.41, 5.74) is 0.527. The van der Waals surface area contributed by atoms with Crippen molar-refractivity contribution in [2.24, 2.45) is 4.99 Å². The number of hydrogen-bond donors (Lipinski definition) is 3. The Morgan fingerprint density at radius 1 is 1.38 bits per heavy atom. The van der Waals surface area contributed by atoms with E-state index in [1.807, 2.05) is 0 Å². The van der Waals surface area contributed by atoms with E-state index in [-0.39, 0.29) is 35.1 Å². The molecule has 1 aromatic carbocycles. The highest BCUT2D eigenvalue weighted by atomic mass is 35.5. The van der Waals surface area contributed by atoms with Crippen LogP contribution in [0.15, 0.2) is 34.2 Å². The van der Waals surface area contributed by atoms with Gasteiger partial charge >= 0.3 is 0 Å². The van der Waals surface area contributed by atoms with Crippen LogP contribution in [-0.4, -0.2) is 45.3 Å². The van der Waals surface area contributed by atoms with Gasteiger partial charge in [-0.3, -0.25) is 14.5 Å². The molecule has 0 radical (unpaired) electrons. The smallest absolute Gasteiger partial charge is 0.263 e. The molecule has 9 heteroatoms. The zero-order valence-corrected chi connectivity index (χ0v) is 16.3. The summed E-state index contributed by atoms with van der Waals surface area (Å²) in [6.07, 6.45) is 3.29. The largest absolute Gasteiger partial charge is 0.350 e. The van der Waals surface area contributed by atoms with Gasteiger partial charge in [-0.2, -0.15) is 0 Å². The summed E-state index contributed by atoms with van der Waals surface area (Å²) in [5, 5.41) is 6.24. The van der Waals surface area contributed by atoms with Gasteiger partial charge < -0.3 is 10.6 Å². The number of sulfonamides is 1. The van der Waals surface area contributed by atoms with Crippen LogP contribution in [0.3, 0.4) is 0 Å². The van der Waals surface area contributed by atoms with Crippen LogP contribution >= 0.6 is 12.4 Å². The first-order valence-electron chi connectivity index (χ1n) is 8.72. The van der Waals surface area contributed by atoms with Crippen LogP contribution in [0.5, 0.6) is 0 Å². The molecule has 7 nitrogen and oxygen atoms in total. The number of nitrogens with zero attached hydrogens (tertiary/aromatic N) is 1. The number of nitrogens with one attached hydrogen (secondary N) is 3. The van der Waals surface area contributed by atoms with Gasteiger partial charge in [-0.25, -0.2) is 8.42 Å². The molecule has 3 N–H and O–H groups in total. The van der Waals surface area contributed by atoms with Crippen molar-refractivity contribution in [3.05, 3.63) is 29.8 Å². The molecule has 3 rings (SSSR count). The van der Waals surface area contributed by atoms with Gasteiger partial charge in [-0.1, -0.05) is 31.9 Å². The van der Waals surface area contributed by atoms with Crippen molar-refractivity contribution in [1.82, 2.24) is 15.4 Å². The third-order valence-corrected chi connectivity index (χ3v) is 5.89. The van der Waals surface area contributed by atoms with Crippen molar-refractivity contribution in [3.63, 3.8) is 0 Å². The van der Waals surface area contributed by atoms with Crippen LogP contribution < -0.4 is 15.4 Å². The summed E-state index contributed by atoms with van der Waals surface area (Å²) >= 11 is 0. The summed E-state index contributed by atoms with van der Waals surface area (Å²) in [7, 11) is -3.59. The van der Waals surface area contributed by atoms with E-state index in [1.54, 1.807) is 24.3 Å². The maximum absolute atomic E-state index is 12.6. The Morgan fingerprint density at radius 3 is 2.85 bits per heavy atom. The summed E-state index contributed by atoms with van der Waals surface area (Å²) < 4.78 is 26.9. The molecule has 2 heterocycles. The van der Waals surface area contributed by atoms with Crippen molar-refractivity contribution in [1.29, 1.82) is 0 Å². The highest BCUT2D eigenvalue weighted by molar-refractivity contribution is 7.90. The van der Waals surface area contributed by atoms with E-state index in [0.717, 1.165) is 32.4 Å². The molecule has 0 saturated carbocycles. The van der Waals surface area contributed by atoms with Crippen LogP contribution in [0.2, 0.25) is 0 Å². The zero-order chi connectivity index (χ0) is 17.9. The van der Waals surface area contributed by atoms with Crippen LogP contribution in [0.4, 0.5) is 0 Å². The molecular weight excluding hydrogens is 376 g/mol. The second-order valence-corrected chi connectivity index (χ2v) is 8.09. The van der Waals surface area contributed by atoms with Crippen LogP contribution in [0.1, 0.15) is 38.2 Å². The fourth-order valence-corrected chi connectivity index (χ4v) is 4.35. The second-order valence-electron chi connectivity index (χ2n) is 6.44. The number of rotatable bonds is 6. The molecule has 1 saturated heterocycles. The van der Waals surface area contributed by atoms with Gasteiger partial charge in [0, 0.05) is 18.2 Å². The van der Waals surface area contributed by atoms with Crippen molar-refractivity contribution >= 4 is 34.2 Å². The predicted molar refractivity (Wildman–Crippen MR) is 103 cm³/mol. The van der Waals surface area contributed by atoms with E-state index in [2.05, 4.69) is 27.3 Å². The first-order chi connectivity index (χ1) is 12.0. The summed E-state index contributed by atoms with van der Waals surface area (Å²) in [6, 6.07) is 6.22. The summed E-state index contributed by atoms with van der Waals surface area (Å²) in [4.78, 5) is 17.3.